The van der Waals surface area contributed by atoms with Crippen LogP contribution in [0.2, 0.25) is 0 Å². The van der Waals surface area contributed by atoms with Gasteiger partial charge in [-0.25, -0.2) is 8.78 Å². The number of furan rings is 1. The summed E-state index contributed by atoms with van der Waals surface area (Å²) in [5.41, 5.74) is 1.13. The lowest BCUT2D eigenvalue weighted by atomic mass is 10.2. The second-order valence-corrected chi connectivity index (χ2v) is 5.43. The van der Waals surface area contributed by atoms with Crippen LogP contribution in [-0.4, -0.2) is 25.0 Å². The van der Waals surface area contributed by atoms with Gasteiger partial charge in [-0.3, -0.25) is 4.79 Å². The molecule has 1 aliphatic heterocycles. The molecule has 0 radical (unpaired) electrons. The Morgan fingerprint density at radius 3 is 2.86 bits per heavy atom. The Labute approximate surface area is 126 Å². The highest BCUT2D eigenvalue weighted by Gasteiger charge is 2.27. The monoisotopic (exact) mass is 306 g/mol. The maximum atomic E-state index is 13.8. The Morgan fingerprint density at radius 1 is 1.36 bits per heavy atom. The van der Waals surface area contributed by atoms with Crippen LogP contribution in [0.1, 0.15) is 22.5 Å². The van der Waals surface area contributed by atoms with Gasteiger partial charge in [0, 0.05) is 30.8 Å². The molecule has 0 bridgehead atoms. The summed E-state index contributed by atoms with van der Waals surface area (Å²) in [5, 5.41) is 2.88. The van der Waals surface area contributed by atoms with Crippen molar-refractivity contribution in [3.8, 4) is 0 Å². The summed E-state index contributed by atoms with van der Waals surface area (Å²) in [6, 6.07) is 5.15. The van der Waals surface area contributed by atoms with E-state index in [1.807, 2.05) is 0 Å². The van der Waals surface area contributed by atoms with E-state index in [-0.39, 0.29) is 11.9 Å². The Balaban J connectivity index is 1.65. The number of anilines is 1. The van der Waals surface area contributed by atoms with Crippen molar-refractivity contribution in [1.29, 1.82) is 0 Å². The van der Waals surface area contributed by atoms with Gasteiger partial charge >= 0.3 is 0 Å². The van der Waals surface area contributed by atoms with Gasteiger partial charge in [0.05, 0.1) is 12.0 Å². The highest BCUT2D eigenvalue weighted by molar-refractivity contribution is 5.93. The van der Waals surface area contributed by atoms with Gasteiger partial charge in [0.15, 0.2) is 5.76 Å². The minimum Gasteiger partial charge on any atom is -0.459 e. The molecular formula is C16H16F2N2O2. The number of amides is 1. The molecule has 0 unspecified atom stereocenters. The smallest absolute Gasteiger partial charge is 0.287 e. The second-order valence-electron chi connectivity index (χ2n) is 5.43. The van der Waals surface area contributed by atoms with Gasteiger partial charge in [-0.15, -0.1) is 0 Å². The molecule has 1 saturated heterocycles. The number of hydrogen-bond donors (Lipinski definition) is 1. The fourth-order valence-electron chi connectivity index (χ4n) is 2.69. The quantitative estimate of drug-likeness (QED) is 0.948. The molecule has 1 aromatic carbocycles. The average molecular weight is 306 g/mol. The number of nitrogens with zero attached hydrogens (tertiary/aromatic N) is 1. The van der Waals surface area contributed by atoms with Gasteiger partial charge in [-0.2, -0.15) is 0 Å². The maximum Gasteiger partial charge on any atom is 0.287 e. The zero-order valence-electron chi connectivity index (χ0n) is 12.1. The van der Waals surface area contributed by atoms with Gasteiger partial charge in [0.2, 0.25) is 0 Å². The Hall–Kier alpha value is -2.37. The van der Waals surface area contributed by atoms with E-state index in [4.69, 9.17) is 4.42 Å². The van der Waals surface area contributed by atoms with Crippen LogP contribution in [0.15, 0.2) is 34.9 Å². The van der Waals surface area contributed by atoms with Crippen molar-refractivity contribution in [1.82, 2.24) is 5.32 Å². The van der Waals surface area contributed by atoms with Crippen molar-refractivity contribution in [3.05, 3.63) is 53.5 Å². The Morgan fingerprint density at radius 2 is 2.18 bits per heavy atom. The molecule has 6 heteroatoms. The third kappa shape index (κ3) is 2.81. The first kappa shape index (κ1) is 14.6. The standard InChI is InChI=1S/C16H16F2N2O2/c1-10-5-7-22-15(10)16(21)19-12-4-6-20(9-12)14-3-2-11(17)8-13(14)18/h2-3,5,7-8,12H,4,6,9H2,1H3,(H,19,21)/t12-/m1/s1. The van der Waals surface area contributed by atoms with Crippen molar-refractivity contribution >= 4 is 11.6 Å². The predicted octanol–water partition coefficient (Wildman–Crippen LogP) is 2.87. The number of benzene rings is 1. The summed E-state index contributed by atoms with van der Waals surface area (Å²) in [7, 11) is 0. The fourth-order valence-corrected chi connectivity index (χ4v) is 2.69. The van der Waals surface area contributed by atoms with Gasteiger partial charge in [0.25, 0.3) is 5.91 Å². The molecule has 1 N–H and O–H groups in total. The first-order valence-electron chi connectivity index (χ1n) is 7.09. The molecule has 0 saturated carbocycles. The molecule has 1 aromatic heterocycles. The van der Waals surface area contributed by atoms with Crippen molar-refractivity contribution in [2.24, 2.45) is 0 Å². The van der Waals surface area contributed by atoms with Crippen molar-refractivity contribution in [2.45, 2.75) is 19.4 Å². The lowest BCUT2D eigenvalue weighted by Gasteiger charge is -2.19. The van der Waals surface area contributed by atoms with Crippen LogP contribution in [0.25, 0.3) is 0 Å². The number of aryl methyl sites for hydroxylation is 1. The number of carbonyl (C=O) groups excluding carboxylic acids is 1. The first-order chi connectivity index (χ1) is 10.5. The zero-order chi connectivity index (χ0) is 15.7. The van der Waals surface area contributed by atoms with Gasteiger partial charge in [0.1, 0.15) is 11.6 Å². The molecular weight excluding hydrogens is 290 g/mol. The summed E-state index contributed by atoms with van der Waals surface area (Å²) in [5.74, 6) is -1.16. The summed E-state index contributed by atoms with van der Waals surface area (Å²) in [4.78, 5) is 13.9. The number of rotatable bonds is 3. The molecule has 1 aliphatic rings. The lowest BCUT2D eigenvalue weighted by molar-refractivity contribution is 0.0911. The number of hydrogen-bond acceptors (Lipinski definition) is 3. The molecule has 0 spiro atoms. The number of nitrogens with one attached hydrogen (secondary N) is 1. The molecule has 3 rings (SSSR count). The molecule has 0 aliphatic carbocycles. The third-order valence-corrected chi connectivity index (χ3v) is 3.84. The molecule has 2 aromatic rings. The van der Waals surface area contributed by atoms with E-state index < -0.39 is 11.6 Å². The summed E-state index contributed by atoms with van der Waals surface area (Å²) >= 11 is 0. The normalized spacial score (nSPS) is 17.8. The van der Waals surface area contributed by atoms with Gasteiger partial charge in [-0.1, -0.05) is 0 Å². The maximum absolute atomic E-state index is 13.8. The first-order valence-corrected chi connectivity index (χ1v) is 7.09. The minimum atomic E-state index is -0.599. The Kier molecular flexibility index (Phi) is 3.83. The Bertz CT molecular complexity index is 699. The third-order valence-electron chi connectivity index (χ3n) is 3.84. The minimum absolute atomic E-state index is 0.0959. The highest BCUT2D eigenvalue weighted by atomic mass is 19.1. The van der Waals surface area contributed by atoms with Crippen LogP contribution < -0.4 is 10.2 Å². The van der Waals surface area contributed by atoms with Gasteiger partial charge < -0.3 is 14.6 Å². The molecule has 1 atom stereocenters. The van der Waals surface area contributed by atoms with E-state index in [2.05, 4.69) is 5.32 Å². The summed E-state index contributed by atoms with van der Waals surface area (Å²) in [6.45, 7) is 2.88. The van der Waals surface area contributed by atoms with Crippen LogP contribution in [0.4, 0.5) is 14.5 Å². The molecule has 22 heavy (non-hydrogen) atoms. The van der Waals surface area contributed by atoms with E-state index in [0.29, 0.717) is 31.0 Å². The van der Waals surface area contributed by atoms with Crippen molar-refractivity contribution in [3.63, 3.8) is 0 Å². The van der Waals surface area contributed by atoms with E-state index >= 15 is 0 Å². The molecule has 2 heterocycles. The summed E-state index contributed by atoms with van der Waals surface area (Å²) in [6.07, 6.45) is 2.17. The zero-order valence-corrected chi connectivity index (χ0v) is 12.1. The summed E-state index contributed by atoms with van der Waals surface area (Å²) < 4.78 is 31.9. The van der Waals surface area contributed by atoms with Crippen LogP contribution in [0.5, 0.6) is 0 Å². The lowest BCUT2D eigenvalue weighted by Crippen LogP contribution is -2.37. The number of carbonyl (C=O) groups is 1. The van der Waals surface area contributed by atoms with E-state index in [9.17, 15) is 13.6 Å². The topological polar surface area (TPSA) is 45.5 Å². The van der Waals surface area contributed by atoms with Crippen LogP contribution >= 0.6 is 0 Å². The molecule has 1 amide bonds. The SMILES string of the molecule is Cc1ccoc1C(=O)N[C@@H]1CCN(c2ccc(F)cc2F)C1. The van der Waals surface area contributed by atoms with Crippen molar-refractivity contribution in [2.75, 3.05) is 18.0 Å². The highest BCUT2D eigenvalue weighted by Crippen LogP contribution is 2.24. The van der Waals surface area contributed by atoms with Crippen LogP contribution in [-0.2, 0) is 0 Å². The largest absolute Gasteiger partial charge is 0.459 e. The molecule has 1 fully saturated rings. The predicted molar refractivity (Wildman–Crippen MR) is 77.9 cm³/mol. The second kappa shape index (κ2) is 5.79. The molecule has 4 nitrogen and oxygen atoms in total. The van der Waals surface area contributed by atoms with E-state index in [1.54, 1.807) is 17.9 Å². The van der Waals surface area contributed by atoms with Gasteiger partial charge in [-0.05, 0) is 31.5 Å². The van der Waals surface area contributed by atoms with E-state index in [0.717, 1.165) is 11.6 Å². The van der Waals surface area contributed by atoms with Crippen molar-refractivity contribution < 1.29 is 18.0 Å². The fraction of sp³-hybridized carbons (Fsp3) is 0.312. The van der Waals surface area contributed by atoms with Crippen LogP contribution in [0.3, 0.4) is 0 Å². The average Bonchev–Trinajstić information content (AvgIpc) is 3.08. The van der Waals surface area contributed by atoms with E-state index in [1.165, 1.54) is 18.4 Å². The number of halogens is 2. The molecule has 116 valence electrons. The van der Waals surface area contributed by atoms with Crippen LogP contribution in [0, 0.1) is 18.6 Å².